The summed E-state index contributed by atoms with van der Waals surface area (Å²) in [5.74, 6) is 6.73. The Morgan fingerprint density at radius 1 is 1.00 bits per heavy atom. The minimum atomic E-state index is -1.33. The number of rotatable bonds is 12. The van der Waals surface area contributed by atoms with Crippen LogP contribution in [0.2, 0.25) is 25.7 Å². The van der Waals surface area contributed by atoms with Crippen molar-refractivity contribution in [1.82, 2.24) is 39.5 Å². The number of benzene rings is 2. The van der Waals surface area contributed by atoms with Crippen molar-refractivity contribution in [3.63, 3.8) is 0 Å². The maximum atomic E-state index is 13.7. The molecule has 7 heterocycles. The molecule has 4 aliphatic heterocycles. The molecule has 1 atom stereocenters. The number of amides is 4. The van der Waals surface area contributed by atoms with Crippen LogP contribution in [0.3, 0.4) is 0 Å². The topological polar surface area (TPSA) is 152 Å². The number of hydrogen-bond acceptors (Lipinski definition) is 10. The van der Waals surface area contributed by atoms with Gasteiger partial charge in [0.2, 0.25) is 11.8 Å². The van der Waals surface area contributed by atoms with E-state index >= 15 is 0 Å². The van der Waals surface area contributed by atoms with E-state index in [1.807, 2.05) is 47.6 Å². The highest BCUT2D eigenvalue weighted by Crippen LogP contribution is 2.36. The Balaban J connectivity index is 0.863. The second kappa shape index (κ2) is 17.5. The fourth-order valence-electron chi connectivity index (χ4n) is 9.06. The Morgan fingerprint density at radius 2 is 1.81 bits per heavy atom. The van der Waals surface area contributed by atoms with Crippen molar-refractivity contribution < 1.29 is 28.7 Å². The number of pyridine rings is 2. The van der Waals surface area contributed by atoms with Crippen LogP contribution in [0.4, 0.5) is 0 Å². The number of ether oxygens (including phenoxy) is 2. The minimum absolute atomic E-state index is 0.0674. The highest BCUT2D eigenvalue weighted by molar-refractivity contribution is 6.76. The van der Waals surface area contributed by atoms with E-state index in [1.165, 1.54) is 4.90 Å². The molecule has 64 heavy (non-hydrogen) atoms. The quantitative estimate of drug-likeness (QED) is 0.0712. The number of piperidine rings is 1. The van der Waals surface area contributed by atoms with E-state index in [2.05, 4.69) is 66.5 Å². The third-order valence-corrected chi connectivity index (χ3v) is 14.6. The molecule has 1 N–H and O–H groups in total. The SMILES string of the molecule is CCc1nc(-c2cccc3cc(-c4ccc(C5(NCC#Cc6cccc7c6CN(C6CCC(=O)N(COCC[Si](C)(C)C)C6=O)C7=O)COC5)nc4)ncc23)c2n1CCN(C(C)=O)C2. The second-order valence-corrected chi connectivity index (χ2v) is 24.0. The van der Waals surface area contributed by atoms with E-state index in [0.29, 0.717) is 45.0 Å². The van der Waals surface area contributed by atoms with Crippen molar-refractivity contribution in [2.24, 2.45) is 0 Å². The van der Waals surface area contributed by atoms with Gasteiger partial charge in [-0.15, -0.1) is 0 Å². The van der Waals surface area contributed by atoms with E-state index in [-0.39, 0.29) is 43.8 Å². The molecule has 0 saturated carbocycles. The Labute approximate surface area is 374 Å². The zero-order valence-corrected chi connectivity index (χ0v) is 38.2. The molecule has 4 amide bonds. The van der Waals surface area contributed by atoms with Crippen molar-refractivity contribution in [3.05, 3.63) is 101 Å². The molecule has 0 spiro atoms. The first kappa shape index (κ1) is 43.2. The summed E-state index contributed by atoms with van der Waals surface area (Å²) in [5, 5.41) is 5.60. The lowest BCUT2D eigenvalue weighted by Gasteiger charge is -2.41. The lowest BCUT2D eigenvalue weighted by Crippen LogP contribution is -2.58. The van der Waals surface area contributed by atoms with Crippen molar-refractivity contribution in [2.45, 2.75) is 90.0 Å². The number of carbonyl (C=O) groups excluding carboxylic acids is 4. The van der Waals surface area contributed by atoms with Crippen LogP contribution in [0.5, 0.6) is 0 Å². The van der Waals surface area contributed by atoms with Gasteiger partial charge >= 0.3 is 0 Å². The highest BCUT2D eigenvalue weighted by atomic mass is 28.3. The van der Waals surface area contributed by atoms with Crippen LogP contribution in [0.1, 0.15) is 65.4 Å². The van der Waals surface area contributed by atoms with Crippen LogP contribution in [0.25, 0.3) is 33.3 Å². The molecule has 2 saturated heterocycles. The molecule has 1 unspecified atom stereocenters. The number of aromatic nitrogens is 4. The summed E-state index contributed by atoms with van der Waals surface area (Å²) < 4.78 is 13.7. The number of nitrogens with zero attached hydrogens (tertiary/aromatic N) is 7. The number of fused-ring (bicyclic) bond motifs is 3. The smallest absolute Gasteiger partial charge is 0.255 e. The average molecular weight is 879 g/mol. The summed E-state index contributed by atoms with van der Waals surface area (Å²) in [7, 11) is -1.33. The van der Waals surface area contributed by atoms with Gasteiger partial charge in [0.05, 0.1) is 49.1 Å². The fraction of sp³-hybridized carbons (Fsp3) is 0.408. The van der Waals surface area contributed by atoms with Gasteiger partial charge in [0.25, 0.3) is 11.8 Å². The first-order valence-electron chi connectivity index (χ1n) is 22.2. The number of carbonyl (C=O) groups is 4. The number of likely N-dealkylation sites (tertiary alicyclic amines) is 1. The highest BCUT2D eigenvalue weighted by Gasteiger charge is 2.44. The summed E-state index contributed by atoms with van der Waals surface area (Å²) in [6, 6.07) is 18.0. The van der Waals surface area contributed by atoms with Crippen LogP contribution in [-0.2, 0) is 55.5 Å². The molecule has 4 aliphatic rings. The number of imidazole rings is 1. The number of nitrogens with one attached hydrogen (secondary N) is 1. The first-order chi connectivity index (χ1) is 30.8. The maximum absolute atomic E-state index is 13.7. The zero-order chi connectivity index (χ0) is 44.8. The Bertz CT molecular complexity index is 2730. The maximum Gasteiger partial charge on any atom is 0.255 e. The lowest BCUT2D eigenvalue weighted by molar-refractivity contribution is -0.158. The van der Waals surface area contributed by atoms with E-state index in [1.54, 1.807) is 17.9 Å². The summed E-state index contributed by atoms with van der Waals surface area (Å²) in [6.45, 7) is 14.3. The normalized spacial score (nSPS) is 18.2. The van der Waals surface area contributed by atoms with Gasteiger partial charge in [0, 0.05) is 94.1 Å². The van der Waals surface area contributed by atoms with Crippen molar-refractivity contribution >= 4 is 42.5 Å². The van der Waals surface area contributed by atoms with Gasteiger partial charge in [-0.3, -0.25) is 39.4 Å². The predicted octanol–water partition coefficient (Wildman–Crippen LogP) is 5.74. The summed E-state index contributed by atoms with van der Waals surface area (Å²) in [6.07, 6.45) is 5.02. The lowest BCUT2D eigenvalue weighted by atomic mass is 9.91. The van der Waals surface area contributed by atoms with E-state index in [9.17, 15) is 19.2 Å². The standard InChI is InChI=1S/C49H54N8O6Si/c1-6-44-53-46(42-28-54(32(2)58)20-21-55(42)44)36-13-8-11-34-24-40(50-26-38(34)36)35-15-17-43(51-25-35)49(29-63-30-49)52-19-9-12-33-10-7-14-37-39(33)27-56(47(37)60)41-16-18-45(59)57(48(41)61)31-62-22-23-64(3,4)5/h7-8,10-11,13-15,17,24-26,41,52H,6,16,18-23,27-31H2,1-5H3. The van der Waals surface area contributed by atoms with Gasteiger partial charge in [0.15, 0.2) is 0 Å². The molecule has 330 valence electrons. The molecule has 14 nitrogen and oxygen atoms in total. The van der Waals surface area contributed by atoms with Crippen LogP contribution < -0.4 is 5.32 Å². The van der Waals surface area contributed by atoms with E-state index < -0.39 is 25.6 Å². The first-order valence-corrected chi connectivity index (χ1v) is 25.9. The van der Waals surface area contributed by atoms with Crippen molar-refractivity contribution in [1.29, 1.82) is 0 Å². The molecule has 5 aromatic rings. The average Bonchev–Trinajstić information content (AvgIpc) is 3.82. The molecule has 3 aromatic heterocycles. The number of imide groups is 1. The van der Waals surface area contributed by atoms with Gasteiger partial charge in [-0.25, -0.2) is 4.98 Å². The van der Waals surface area contributed by atoms with Gasteiger partial charge < -0.3 is 23.8 Å². The third-order valence-electron chi connectivity index (χ3n) is 12.9. The Hall–Kier alpha value is -6.05. The van der Waals surface area contributed by atoms with Crippen molar-refractivity contribution in [3.8, 4) is 34.4 Å². The number of aryl methyl sites for hydroxylation is 1. The Kier molecular flexibility index (Phi) is 11.8. The monoisotopic (exact) mass is 878 g/mol. The minimum Gasteiger partial charge on any atom is -0.377 e. The second-order valence-electron chi connectivity index (χ2n) is 18.4. The van der Waals surface area contributed by atoms with Crippen LogP contribution >= 0.6 is 0 Å². The molecule has 15 heteroatoms. The molecular formula is C49H54N8O6Si. The van der Waals surface area contributed by atoms with Gasteiger partial charge in [0.1, 0.15) is 24.1 Å². The van der Waals surface area contributed by atoms with Crippen LogP contribution in [0, 0.1) is 11.8 Å². The van der Waals surface area contributed by atoms with E-state index in [0.717, 1.165) is 80.6 Å². The third kappa shape index (κ3) is 8.27. The molecule has 2 aromatic carbocycles. The van der Waals surface area contributed by atoms with Crippen LogP contribution in [0.15, 0.2) is 67.0 Å². The summed E-state index contributed by atoms with van der Waals surface area (Å²) in [5.41, 5.74) is 7.04. The van der Waals surface area contributed by atoms with Crippen molar-refractivity contribution in [2.75, 3.05) is 39.6 Å². The van der Waals surface area contributed by atoms with Gasteiger partial charge in [-0.05, 0) is 53.7 Å². The largest absolute Gasteiger partial charge is 0.377 e. The molecule has 0 radical (unpaired) electrons. The van der Waals surface area contributed by atoms with Crippen LogP contribution in [-0.4, -0.2) is 112 Å². The van der Waals surface area contributed by atoms with Gasteiger partial charge in [-0.2, -0.15) is 0 Å². The molecule has 2 fully saturated rings. The number of hydrogen-bond donors (Lipinski definition) is 1. The summed E-state index contributed by atoms with van der Waals surface area (Å²) in [4.78, 5) is 71.8. The van der Waals surface area contributed by atoms with Gasteiger partial charge in [-0.1, -0.05) is 62.7 Å². The zero-order valence-electron chi connectivity index (χ0n) is 37.2. The predicted molar refractivity (Wildman–Crippen MR) is 244 cm³/mol. The molecule has 9 rings (SSSR count). The fourth-order valence-corrected chi connectivity index (χ4v) is 9.82. The molecule has 0 aliphatic carbocycles. The summed E-state index contributed by atoms with van der Waals surface area (Å²) >= 11 is 0. The van der Waals surface area contributed by atoms with E-state index in [4.69, 9.17) is 24.4 Å². The molecular weight excluding hydrogens is 825 g/mol. The Morgan fingerprint density at radius 3 is 2.55 bits per heavy atom. The molecule has 0 bridgehead atoms.